The quantitative estimate of drug-likeness (QED) is 0.211. The summed E-state index contributed by atoms with van der Waals surface area (Å²) in [7, 11) is 1.48. The number of anilines is 1. The van der Waals surface area contributed by atoms with E-state index in [1.807, 2.05) is 55.6 Å². The van der Waals surface area contributed by atoms with Gasteiger partial charge in [-0.15, -0.1) is 0 Å². The zero-order chi connectivity index (χ0) is 26.9. The molecule has 1 heterocycles. The molecule has 0 fully saturated rings. The third-order valence-electron chi connectivity index (χ3n) is 5.93. The molecule has 0 aliphatic rings. The highest BCUT2D eigenvalue weighted by atomic mass is 16.5. The molecule has 0 aliphatic heterocycles. The van der Waals surface area contributed by atoms with Crippen molar-refractivity contribution in [3.63, 3.8) is 0 Å². The molecule has 0 radical (unpaired) electrons. The van der Waals surface area contributed by atoms with Gasteiger partial charge in [-0.25, -0.2) is 0 Å². The van der Waals surface area contributed by atoms with Gasteiger partial charge in [0.25, 0.3) is 11.8 Å². The minimum absolute atomic E-state index is 0.0915. The Morgan fingerprint density at radius 2 is 1.84 bits per heavy atom. The van der Waals surface area contributed by atoms with Crippen molar-refractivity contribution in [2.75, 3.05) is 25.6 Å². The maximum absolute atomic E-state index is 12.8. The number of aromatic nitrogens is 1. The van der Waals surface area contributed by atoms with Crippen LogP contribution in [0.1, 0.15) is 16.7 Å². The average Bonchev–Trinajstić information content (AvgIpc) is 3.35. The number of benzene rings is 3. The van der Waals surface area contributed by atoms with Crippen LogP contribution in [0.2, 0.25) is 0 Å². The van der Waals surface area contributed by atoms with Gasteiger partial charge in [0, 0.05) is 34.9 Å². The lowest BCUT2D eigenvalue weighted by Gasteiger charge is -2.14. The van der Waals surface area contributed by atoms with Gasteiger partial charge in [-0.1, -0.05) is 48.0 Å². The van der Waals surface area contributed by atoms with Crippen LogP contribution >= 0.6 is 0 Å². The smallest absolute Gasteiger partial charge is 0.262 e. The molecular weight excluding hydrogens is 480 g/mol. The summed E-state index contributed by atoms with van der Waals surface area (Å²) in [5.41, 5.74) is 4.20. The van der Waals surface area contributed by atoms with Gasteiger partial charge in [0.05, 0.1) is 7.11 Å². The molecule has 0 bridgehead atoms. The van der Waals surface area contributed by atoms with E-state index in [9.17, 15) is 14.9 Å². The van der Waals surface area contributed by atoms with E-state index in [1.54, 1.807) is 30.3 Å². The summed E-state index contributed by atoms with van der Waals surface area (Å²) < 4.78 is 11.2. The summed E-state index contributed by atoms with van der Waals surface area (Å²) >= 11 is 0. The molecule has 0 atom stereocenters. The summed E-state index contributed by atoms with van der Waals surface area (Å²) in [6.07, 6.45) is 3.96. The van der Waals surface area contributed by atoms with Crippen LogP contribution in [0, 0.1) is 18.3 Å². The number of para-hydroxylation sites is 2. The van der Waals surface area contributed by atoms with Crippen LogP contribution < -0.4 is 20.1 Å². The molecule has 1 aromatic heterocycles. The molecule has 4 rings (SSSR count). The van der Waals surface area contributed by atoms with E-state index in [0.717, 1.165) is 22.0 Å². The number of rotatable bonds is 10. The zero-order valence-electron chi connectivity index (χ0n) is 21.2. The van der Waals surface area contributed by atoms with Crippen molar-refractivity contribution in [3.8, 4) is 17.6 Å². The lowest BCUT2D eigenvalue weighted by Crippen LogP contribution is -2.26. The van der Waals surface area contributed by atoms with Gasteiger partial charge in [-0.05, 0) is 49.2 Å². The maximum atomic E-state index is 12.8. The van der Waals surface area contributed by atoms with Crippen LogP contribution in [0.5, 0.6) is 11.5 Å². The van der Waals surface area contributed by atoms with Gasteiger partial charge in [0.2, 0.25) is 0 Å². The number of hydrogen-bond acceptors (Lipinski definition) is 5. The van der Waals surface area contributed by atoms with Gasteiger partial charge in [-0.2, -0.15) is 5.26 Å². The van der Waals surface area contributed by atoms with Crippen molar-refractivity contribution < 1.29 is 19.1 Å². The third kappa shape index (κ3) is 6.39. The Hall–Kier alpha value is -5.03. The maximum Gasteiger partial charge on any atom is 0.262 e. The van der Waals surface area contributed by atoms with E-state index in [1.165, 1.54) is 13.2 Å². The molecule has 38 heavy (non-hydrogen) atoms. The number of nitrogens with one attached hydrogen (secondary N) is 3. The molecule has 192 valence electrons. The Labute approximate surface area is 220 Å². The molecule has 0 saturated carbocycles. The molecule has 4 aromatic rings. The van der Waals surface area contributed by atoms with E-state index >= 15 is 0 Å². The molecule has 8 nitrogen and oxygen atoms in total. The Kier molecular flexibility index (Phi) is 8.42. The Morgan fingerprint density at radius 1 is 1.05 bits per heavy atom. The predicted molar refractivity (Wildman–Crippen MR) is 147 cm³/mol. The summed E-state index contributed by atoms with van der Waals surface area (Å²) in [6.45, 7) is 2.04. The van der Waals surface area contributed by atoms with Crippen LogP contribution in [-0.2, 0) is 16.0 Å². The van der Waals surface area contributed by atoms with Gasteiger partial charge >= 0.3 is 0 Å². The summed E-state index contributed by atoms with van der Waals surface area (Å²) in [4.78, 5) is 28.5. The van der Waals surface area contributed by atoms with Crippen LogP contribution in [0.3, 0.4) is 0 Å². The zero-order valence-corrected chi connectivity index (χ0v) is 21.2. The van der Waals surface area contributed by atoms with E-state index in [0.29, 0.717) is 30.0 Å². The summed E-state index contributed by atoms with van der Waals surface area (Å²) in [6, 6.07) is 22.4. The van der Waals surface area contributed by atoms with E-state index < -0.39 is 5.91 Å². The number of nitriles is 1. The Balaban J connectivity index is 1.43. The van der Waals surface area contributed by atoms with Crippen LogP contribution in [-0.4, -0.2) is 37.1 Å². The second kappa shape index (κ2) is 12.3. The van der Waals surface area contributed by atoms with Crippen LogP contribution in [0.25, 0.3) is 17.0 Å². The number of carbonyl (C=O) groups excluding carboxylic acids is 2. The minimum Gasteiger partial charge on any atom is -0.493 e. The Morgan fingerprint density at radius 3 is 2.61 bits per heavy atom. The molecule has 0 spiro atoms. The van der Waals surface area contributed by atoms with Crippen molar-refractivity contribution in [3.05, 3.63) is 95.2 Å². The number of hydrogen-bond donors (Lipinski definition) is 3. The topological polar surface area (TPSA) is 116 Å². The highest BCUT2D eigenvalue weighted by molar-refractivity contribution is 6.02. The number of aryl methyl sites for hydroxylation is 1. The van der Waals surface area contributed by atoms with E-state index in [-0.39, 0.29) is 23.8 Å². The summed E-state index contributed by atoms with van der Waals surface area (Å²) in [5, 5.41) is 16.4. The first kappa shape index (κ1) is 26.0. The molecule has 0 saturated heterocycles. The lowest BCUT2D eigenvalue weighted by atomic mass is 10.1. The van der Waals surface area contributed by atoms with Crippen LogP contribution in [0.15, 0.2) is 78.5 Å². The number of ether oxygens (including phenoxy) is 2. The first-order valence-corrected chi connectivity index (χ1v) is 12.1. The number of amides is 2. The molecule has 3 aromatic carbocycles. The first-order chi connectivity index (χ1) is 18.5. The first-order valence-electron chi connectivity index (χ1n) is 12.1. The SMILES string of the molecule is COc1cccc(/C=C(/C#N)C(=O)NCCc2c[nH]c3ccccc23)c1OCC(=O)Nc1ccc(C)cc1. The van der Waals surface area contributed by atoms with Gasteiger partial charge < -0.3 is 25.1 Å². The minimum atomic E-state index is -0.502. The largest absolute Gasteiger partial charge is 0.493 e. The molecular formula is C30H28N4O4. The number of carbonyl (C=O) groups is 2. The molecule has 0 unspecified atom stereocenters. The lowest BCUT2D eigenvalue weighted by molar-refractivity contribution is -0.118. The number of nitrogens with zero attached hydrogens (tertiary/aromatic N) is 1. The van der Waals surface area contributed by atoms with E-state index in [2.05, 4.69) is 15.6 Å². The van der Waals surface area contributed by atoms with E-state index in [4.69, 9.17) is 9.47 Å². The van der Waals surface area contributed by atoms with Crippen molar-refractivity contribution >= 4 is 34.5 Å². The Bertz CT molecular complexity index is 1510. The predicted octanol–water partition coefficient (Wildman–Crippen LogP) is 4.77. The van der Waals surface area contributed by atoms with Crippen molar-refractivity contribution in [1.82, 2.24) is 10.3 Å². The van der Waals surface area contributed by atoms with Crippen molar-refractivity contribution in [1.29, 1.82) is 5.26 Å². The number of fused-ring (bicyclic) bond motifs is 1. The van der Waals surface area contributed by atoms with Gasteiger partial charge in [0.15, 0.2) is 18.1 Å². The molecule has 0 aliphatic carbocycles. The fourth-order valence-electron chi connectivity index (χ4n) is 3.98. The van der Waals surface area contributed by atoms with Gasteiger partial charge in [0.1, 0.15) is 11.6 Å². The van der Waals surface area contributed by atoms with Crippen LogP contribution in [0.4, 0.5) is 5.69 Å². The highest BCUT2D eigenvalue weighted by Crippen LogP contribution is 2.32. The normalized spacial score (nSPS) is 11.0. The fraction of sp³-hybridized carbons (Fsp3) is 0.167. The second-order valence-electron chi connectivity index (χ2n) is 8.62. The monoisotopic (exact) mass is 508 g/mol. The summed E-state index contributed by atoms with van der Waals surface area (Å²) in [5.74, 6) is -0.226. The molecule has 3 N–H and O–H groups in total. The fourth-order valence-corrected chi connectivity index (χ4v) is 3.98. The number of H-pyrrole nitrogens is 1. The third-order valence-corrected chi connectivity index (χ3v) is 5.93. The average molecular weight is 509 g/mol. The highest BCUT2D eigenvalue weighted by Gasteiger charge is 2.15. The molecule has 2 amide bonds. The number of aromatic amines is 1. The second-order valence-corrected chi connectivity index (χ2v) is 8.62. The van der Waals surface area contributed by atoms with Crippen molar-refractivity contribution in [2.24, 2.45) is 0 Å². The van der Waals surface area contributed by atoms with Crippen molar-refractivity contribution in [2.45, 2.75) is 13.3 Å². The molecule has 8 heteroatoms. The van der Waals surface area contributed by atoms with Gasteiger partial charge in [-0.3, -0.25) is 9.59 Å². The number of methoxy groups -OCH3 is 1. The standard InChI is InChI=1S/C30H28N4O4/c1-20-10-12-24(13-11-20)34-28(35)19-38-29-21(6-5-9-27(29)37-2)16-23(17-31)30(36)32-15-14-22-18-33-26-8-4-3-7-25(22)26/h3-13,16,18,33H,14-15,19H2,1-2H3,(H,32,36)(H,34,35)/b23-16-.